The molecule has 1 aliphatic rings. The van der Waals surface area contributed by atoms with Gasteiger partial charge in [0, 0.05) is 17.3 Å². The van der Waals surface area contributed by atoms with Crippen LogP contribution in [0.5, 0.6) is 0 Å². The van der Waals surface area contributed by atoms with Gasteiger partial charge in [-0.3, -0.25) is 9.59 Å². The number of hydrogen-bond donors (Lipinski definition) is 3. The second-order valence-electron chi connectivity index (χ2n) is 5.72. The van der Waals surface area contributed by atoms with Crippen LogP contribution in [0.3, 0.4) is 0 Å². The van der Waals surface area contributed by atoms with E-state index in [9.17, 15) is 9.59 Å². The highest BCUT2D eigenvalue weighted by atomic mass is 16.2. The van der Waals surface area contributed by atoms with Gasteiger partial charge in [0.2, 0.25) is 5.91 Å². The van der Waals surface area contributed by atoms with Crippen molar-refractivity contribution in [1.29, 1.82) is 0 Å². The van der Waals surface area contributed by atoms with Gasteiger partial charge in [-0.2, -0.15) is 0 Å². The highest BCUT2D eigenvalue weighted by Gasteiger charge is 2.23. The lowest BCUT2D eigenvalue weighted by Gasteiger charge is -2.17. The van der Waals surface area contributed by atoms with E-state index in [4.69, 9.17) is 5.73 Å². The summed E-state index contributed by atoms with van der Waals surface area (Å²) < 4.78 is 0. The number of rotatable bonds is 6. The molecule has 3 rings (SSSR count). The second kappa shape index (κ2) is 6.52. The van der Waals surface area contributed by atoms with Gasteiger partial charge < -0.3 is 16.4 Å². The van der Waals surface area contributed by atoms with Gasteiger partial charge in [0.25, 0.3) is 5.91 Å². The first-order chi connectivity index (χ1) is 11.1. The van der Waals surface area contributed by atoms with Crippen LogP contribution >= 0.6 is 0 Å². The summed E-state index contributed by atoms with van der Waals surface area (Å²) in [4.78, 5) is 23.7. The summed E-state index contributed by atoms with van der Waals surface area (Å²) >= 11 is 0. The maximum absolute atomic E-state index is 12.0. The molecule has 1 unspecified atom stereocenters. The van der Waals surface area contributed by atoms with Gasteiger partial charge in [-0.15, -0.1) is 0 Å². The van der Waals surface area contributed by atoms with Gasteiger partial charge in [0.15, 0.2) is 0 Å². The van der Waals surface area contributed by atoms with Crippen molar-refractivity contribution in [3.05, 3.63) is 65.7 Å². The SMILES string of the molecule is NC(=O)C(Nc1ccc(C(=O)NC2CC2)cc1)c1ccccc1. The lowest BCUT2D eigenvalue weighted by Crippen LogP contribution is -2.28. The van der Waals surface area contributed by atoms with Crippen LogP contribution in [-0.2, 0) is 4.79 Å². The van der Waals surface area contributed by atoms with Crippen molar-refractivity contribution in [2.75, 3.05) is 5.32 Å². The minimum absolute atomic E-state index is 0.0615. The van der Waals surface area contributed by atoms with E-state index in [0.29, 0.717) is 11.6 Å². The Labute approximate surface area is 134 Å². The topological polar surface area (TPSA) is 84.2 Å². The number of anilines is 1. The lowest BCUT2D eigenvalue weighted by atomic mass is 10.1. The number of hydrogen-bond acceptors (Lipinski definition) is 3. The predicted molar refractivity (Wildman–Crippen MR) is 88.9 cm³/mol. The fourth-order valence-corrected chi connectivity index (χ4v) is 2.35. The van der Waals surface area contributed by atoms with E-state index in [1.165, 1.54) is 0 Å². The summed E-state index contributed by atoms with van der Waals surface area (Å²) in [5, 5.41) is 6.05. The first-order valence-electron chi connectivity index (χ1n) is 7.65. The summed E-state index contributed by atoms with van der Waals surface area (Å²) in [6.07, 6.45) is 2.12. The molecular weight excluding hydrogens is 290 g/mol. The molecule has 0 radical (unpaired) electrons. The van der Waals surface area contributed by atoms with Gasteiger partial charge in [-0.05, 0) is 42.7 Å². The second-order valence-corrected chi connectivity index (χ2v) is 5.72. The van der Waals surface area contributed by atoms with Crippen molar-refractivity contribution >= 4 is 17.5 Å². The van der Waals surface area contributed by atoms with Gasteiger partial charge in [-0.25, -0.2) is 0 Å². The van der Waals surface area contributed by atoms with E-state index in [2.05, 4.69) is 10.6 Å². The molecule has 2 amide bonds. The van der Waals surface area contributed by atoms with Crippen LogP contribution in [0.2, 0.25) is 0 Å². The number of benzene rings is 2. The zero-order valence-electron chi connectivity index (χ0n) is 12.7. The molecule has 5 heteroatoms. The number of carbonyl (C=O) groups excluding carboxylic acids is 2. The summed E-state index contributed by atoms with van der Waals surface area (Å²) in [5.41, 5.74) is 7.64. The quantitative estimate of drug-likeness (QED) is 0.765. The van der Waals surface area contributed by atoms with Crippen molar-refractivity contribution in [1.82, 2.24) is 5.32 Å². The van der Waals surface area contributed by atoms with Crippen molar-refractivity contribution in [2.24, 2.45) is 5.73 Å². The van der Waals surface area contributed by atoms with E-state index >= 15 is 0 Å². The van der Waals surface area contributed by atoms with Crippen LogP contribution < -0.4 is 16.4 Å². The fraction of sp³-hybridized carbons (Fsp3) is 0.222. The molecule has 0 aromatic heterocycles. The minimum atomic E-state index is -0.609. The third kappa shape index (κ3) is 3.88. The third-order valence-corrected chi connectivity index (χ3v) is 3.79. The van der Waals surface area contributed by atoms with Crippen molar-refractivity contribution in [2.45, 2.75) is 24.9 Å². The summed E-state index contributed by atoms with van der Waals surface area (Å²) in [6, 6.07) is 16.1. The Morgan fingerprint density at radius 2 is 1.65 bits per heavy atom. The van der Waals surface area contributed by atoms with E-state index in [-0.39, 0.29) is 5.91 Å². The molecule has 0 saturated heterocycles. The summed E-state index contributed by atoms with van der Waals surface area (Å²) in [5.74, 6) is -0.514. The molecule has 0 bridgehead atoms. The van der Waals surface area contributed by atoms with Gasteiger partial charge in [0.1, 0.15) is 6.04 Å². The maximum Gasteiger partial charge on any atom is 0.251 e. The Hall–Kier alpha value is -2.82. The molecule has 0 heterocycles. The van der Waals surface area contributed by atoms with Crippen molar-refractivity contribution in [3.63, 3.8) is 0 Å². The largest absolute Gasteiger partial charge is 0.370 e. The Morgan fingerprint density at radius 1 is 1.00 bits per heavy atom. The molecule has 5 nitrogen and oxygen atoms in total. The van der Waals surface area contributed by atoms with Crippen LogP contribution in [0.4, 0.5) is 5.69 Å². The average Bonchev–Trinajstić information content (AvgIpc) is 3.37. The Kier molecular flexibility index (Phi) is 4.28. The van der Waals surface area contributed by atoms with Crippen LogP contribution in [0, 0.1) is 0 Å². The molecule has 1 atom stereocenters. The van der Waals surface area contributed by atoms with E-state index in [1.54, 1.807) is 24.3 Å². The third-order valence-electron chi connectivity index (χ3n) is 3.79. The standard InChI is InChI=1S/C18H19N3O2/c19-17(22)16(12-4-2-1-3-5-12)20-14-8-6-13(7-9-14)18(23)21-15-10-11-15/h1-9,15-16,20H,10-11H2,(H2,19,22)(H,21,23). The lowest BCUT2D eigenvalue weighted by molar-refractivity contribution is -0.118. The van der Waals surface area contributed by atoms with Crippen molar-refractivity contribution in [3.8, 4) is 0 Å². The van der Waals surface area contributed by atoms with Gasteiger partial charge >= 0.3 is 0 Å². The highest BCUT2D eigenvalue weighted by Crippen LogP contribution is 2.21. The summed E-state index contributed by atoms with van der Waals surface area (Å²) in [6.45, 7) is 0. The van der Waals surface area contributed by atoms with Gasteiger partial charge in [0.05, 0.1) is 0 Å². The smallest absolute Gasteiger partial charge is 0.251 e. The zero-order chi connectivity index (χ0) is 16.2. The fourth-order valence-electron chi connectivity index (χ4n) is 2.35. The van der Waals surface area contributed by atoms with Crippen LogP contribution in [0.1, 0.15) is 34.8 Å². The molecule has 1 fully saturated rings. The van der Waals surface area contributed by atoms with Crippen LogP contribution in [0.25, 0.3) is 0 Å². The molecule has 2 aromatic rings. The minimum Gasteiger partial charge on any atom is -0.370 e. The van der Waals surface area contributed by atoms with Crippen molar-refractivity contribution < 1.29 is 9.59 Å². The van der Waals surface area contributed by atoms with Crippen LogP contribution in [-0.4, -0.2) is 17.9 Å². The Morgan fingerprint density at radius 3 is 2.22 bits per heavy atom. The monoisotopic (exact) mass is 309 g/mol. The average molecular weight is 309 g/mol. The molecule has 4 N–H and O–H groups in total. The zero-order valence-corrected chi connectivity index (χ0v) is 12.7. The number of primary amides is 1. The van der Waals surface area contributed by atoms with Crippen LogP contribution in [0.15, 0.2) is 54.6 Å². The molecule has 23 heavy (non-hydrogen) atoms. The van der Waals surface area contributed by atoms with Gasteiger partial charge in [-0.1, -0.05) is 30.3 Å². The number of nitrogens with two attached hydrogens (primary N) is 1. The van der Waals surface area contributed by atoms with E-state index in [0.717, 1.165) is 24.1 Å². The highest BCUT2D eigenvalue weighted by molar-refractivity contribution is 5.95. The number of carbonyl (C=O) groups is 2. The predicted octanol–water partition coefficient (Wildman–Crippen LogP) is 2.22. The molecular formula is C18H19N3O2. The summed E-state index contributed by atoms with van der Waals surface area (Å²) in [7, 11) is 0. The van der Waals surface area contributed by atoms with E-state index < -0.39 is 11.9 Å². The molecule has 0 aliphatic heterocycles. The molecule has 2 aromatic carbocycles. The number of nitrogens with one attached hydrogen (secondary N) is 2. The molecule has 1 aliphatic carbocycles. The first-order valence-corrected chi connectivity index (χ1v) is 7.65. The molecule has 118 valence electrons. The molecule has 0 spiro atoms. The molecule has 1 saturated carbocycles. The normalized spacial score (nSPS) is 14.8. The Balaban J connectivity index is 1.70. The van der Waals surface area contributed by atoms with E-state index in [1.807, 2.05) is 30.3 Å². The Bertz CT molecular complexity index is 694. The maximum atomic E-state index is 12.0. The first kappa shape index (κ1) is 15.1. The number of amides is 2.